The lowest BCUT2D eigenvalue weighted by atomic mass is 9.81. The van der Waals surface area contributed by atoms with Gasteiger partial charge in [-0.1, -0.05) is 154 Å². The maximum absolute atomic E-state index is 3.84. The van der Waals surface area contributed by atoms with Crippen LogP contribution in [-0.2, 0) is 5.41 Å². The predicted molar refractivity (Wildman–Crippen MR) is 209 cm³/mol. The first-order chi connectivity index (χ1) is 22.4. The van der Waals surface area contributed by atoms with E-state index < -0.39 is 0 Å². The minimum absolute atomic E-state index is 0.00348. The molecule has 1 heteroatoms. The van der Waals surface area contributed by atoms with Crippen molar-refractivity contribution in [2.24, 2.45) is 0 Å². The molecule has 0 spiro atoms. The minimum Gasteiger partial charge on any atom is -0.311 e. The van der Waals surface area contributed by atoms with Crippen LogP contribution in [0.4, 0.5) is 11.4 Å². The molecule has 0 aliphatic heterocycles. The molecule has 46 heavy (non-hydrogen) atoms. The summed E-state index contributed by atoms with van der Waals surface area (Å²) in [4.78, 5) is 2.33. The van der Waals surface area contributed by atoms with Crippen molar-refractivity contribution in [1.29, 1.82) is 0 Å². The fraction of sp³-hybridized carbons (Fsp3) is 0.289. The molecule has 4 aromatic carbocycles. The number of rotatable bonds is 8. The van der Waals surface area contributed by atoms with Gasteiger partial charge in [0.2, 0.25) is 0 Å². The fourth-order valence-corrected chi connectivity index (χ4v) is 5.82. The average Bonchev–Trinajstić information content (AvgIpc) is 3.35. The summed E-state index contributed by atoms with van der Waals surface area (Å²) in [5.74, 6) is 0. The number of hydrogen-bond acceptors (Lipinski definition) is 1. The second kappa shape index (κ2) is 18.6. The molecule has 1 aliphatic carbocycles. The highest BCUT2D eigenvalue weighted by atomic mass is 15.1. The van der Waals surface area contributed by atoms with Gasteiger partial charge in [-0.15, -0.1) is 0 Å². The maximum Gasteiger partial charge on any atom is 0.0461 e. The number of anilines is 2. The monoisotopic (exact) mass is 611 g/mol. The van der Waals surface area contributed by atoms with Gasteiger partial charge in [-0.05, 0) is 101 Å². The first-order valence-electron chi connectivity index (χ1n) is 17.3. The Hall–Kier alpha value is -4.36. The molecule has 0 heterocycles. The first kappa shape index (κ1) is 37.8. The molecule has 0 atom stereocenters. The Morgan fingerprint density at radius 1 is 0.717 bits per heavy atom. The highest BCUT2D eigenvalue weighted by molar-refractivity contribution is 5.84. The van der Waals surface area contributed by atoms with Crippen molar-refractivity contribution < 1.29 is 0 Å². The summed E-state index contributed by atoms with van der Waals surface area (Å²) in [6.45, 7) is 26.9. The van der Waals surface area contributed by atoms with E-state index in [0.717, 1.165) is 23.5 Å². The minimum atomic E-state index is -0.00348. The largest absolute Gasteiger partial charge is 0.311 e. The zero-order chi connectivity index (χ0) is 34.3. The van der Waals surface area contributed by atoms with Gasteiger partial charge in [0.25, 0.3) is 0 Å². The average molecular weight is 612 g/mol. The third-order valence-electron chi connectivity index (χ3n) is 8.07. The molecule has 0 bridgehead atoms. The van der Waals surface area contributed by atoms with Crippen LogP contribution in [0.3, 0.4) is 0 Å². The van der Waals surface area contributed by atoms with Gasteiger partial charge in [0.1, 0.15) is 0 Å². The molecule has 4 aromatic rings. The lowest BCUT2D eigenvalue weighted by molar-refractivity contribution is 0.660. The molecule has 1 aliphatic rings. The zero-order valence-electron chi connectivity index (χ0n) is 30.4. The Balaban J connectivity index is 0.00000116. The van der Waals surface area contributed by atoms with E-state index in [0.29, 0.717) is 0 Å². The van der Waals surface area contributed by atoms with Crippen molar-refractivity contribution in [2.75, 3.05) is 4.90 Å². The van der Waals surface area contributed by atoms with E-state index >= 15 is 0 Å². The molecule has 0 aromatic heterocycles. The van der Waals surface area contributed by atoms with E-state index in [9.17, 15) is 0 Å². The van der Waals surface area contributed by atoms with Gasteiger partial charge in [-0.25, -0.2) is 0 Å². The summed E-state index contributed by atoms with van der Waals surface area (Å²) in [5, 5.41) is 0. The van der Waals surface area contributed by atoms with Crippen LogP contribution in [0.25, 0.3) is 27.8 Å². The number of benzene rings is 4. The Bertz CT molecular complexity index is 1610. The summed E-state index contributed by atoms with van der Waals surface area (Å²) < 4.78 is 0. The van der Waals surface area contributed by atoms with Crippen molar-refractivity contribution in [3.8, 4) is 22.3 Å². The Kier molecular flexibility index (Phi) is 15.3. The van der Waals surface area contributed by atoms with Crippen LogP contribution >= 0.6 is 0 Å². The highest BCUT2D eigenvalue weighted by Crippen LogP contribution is 2.49. The standard InChI is InChI=1S/C39H39N.3C2H6/c1-7-10-14-32(9-3)40(33-22-17-29(18-23-33)28(4)13-8-2)34-24-19-30(20-25-34)31-21-26-36-35-15-11-12-16-37(35)39(5,6)38(36)27-31;3*1-2/h8-27H,2,7H2,1,3-6H3;3*1-2H3/b14-10-,28-13+,32-9+;;;. The molecule has 0 unspecified atom stereocenters. The van der Waals surface area contributed by atoms with Gasteiger partial charge in [0.05, 0.1) is 0 Å². The molecule has 0 saturated carbocycles. The van der Waals surface area contributed by atoms with Crippen LogP contribution in [0.2, 0.25) is 0 Å². The van der Waals surface area contributed by atoms with Crippen LogP contribution in [0, 0.1) is 0 Å². The topological polar surface area (TPSA) is 3.24 Å². The molecule has 0 radical (unpaired) electrons. The number of hydrogen-bond donors (Lipinski definition) is 0. The fourth-order valence-electron chi connectivity index (χ4n) is 5.82. The zero-order valence-corrected chi connectivity index (χ0v) is 30.4. The van der Waals surface area contributed by atoms with Crippen LogP contribution in [-0.4, -0.2) is 0 Å². The molecular formula is C45H57N. The SMILES string of the molecule is C=C/C=C(\C)c1ccc(N(C(/C=C\CC)=C/C)c2ccc(-c3ccc4c(c3)C(C)(C)c3ccccc3-4)cc2)cc1.CC.CC.CC. The van der Waals surface area contributed by atoms with Crippen LogP contribution in [0.15, 0.2) is 134 Å². The van der Waals surface area contributed by atoms with Crippen molar-refractivity contribution in [1.82, 2.24) is 0 Å². The molecular weight excluding hydrogens is 555 g/mol. The van der Waals surface area contributed by atoms with Gasteiger partial charge in [0.15, 0.2) is 0 Å². The van der Waals surface area contributed by atoms with Crippen LogP contribution < -0.4 is 4.90 Å². The lowest BCUT2D eigenvalue weighted by Crippen LogP contribution is -2.15. The summed E-state index contributed by atoms with van der Waals surface area (Å²) in [6, 6.07) is 33.5. The lowest BCUT2D eigenvalue weighted by Gasteiger charge is -2.27. The first-order valence-corrected chi connectivity index (χ1v) is 17.3. The van der Waals surface area contributed by atoms with E-state index in [4.69, 9.17) is 0 Å². The molecule has 0 amide bonds. The number of fused-ring (bicyclic) bond motifs is 3. The summed E-state index contributed by atoms with van der Waals surface area (Å²) >= 11 is 0. The van der Waals surface area contributed by atoms with E-state index in [-0.39, 0.29) is 5.41 Å². The molecule has 5 rings (SSSR count). The second-order valence-electron chi connectivity index (χ2n) is 11.0. The van der Waals surface area contributed by atoms with E-state index in [1.54, 1.807) is 0 Å². The van der Waals surface area contributed by atoms with Crippen molar-refractivity contribution in [2.45, 2.75) is 88.0 Å². The Morgan fingerprint density at radius 2 is 1.26 bits per heavy atom. The highest BCUT2D eigenvalue weighted by Gasteiger charge is 2.35. The number of nitrogens with zero attached hydrogens (tertiary/aromatic N) is 1. The van der Waals surface area contributed by atoms with Crippen LogP contribution in [0.1, 0.15) is 99.3 Å². The molecule has 0 N–H and O–H groups in total. The second-order valence-corrected chi connectivity index (χ2v) is 11.0. The van der Waals surface area contributed by atoms with Crippen LogP contribution in [0.5, 0.6) is 0 Å². The van der Waals surface area contributed by atoms with Gasteiger partial charge >= 0.3 is 0 Å². The van der Waals surface area contributed by atoms with E-state index in [1.165, 1.54) is 44.5 Å². The Labute approximate surface area is 281 Å². The van der Waals surface area contributed by atoms with Crippen molar-refractivity contribution in [3.63, 3.8) is 0 Å². The third kappa shape index (κ3) is 8.26. The quantitative estimate of drug-likeness (QED) is 0.179. The molecule has 1 nitrogen and oxygen atoms in total. The predicted octanol–water partition coefficient (Wildman–Crippen LogP) is 14.3. The van der Waals surface area contributed by atoms with Crippen molar-refractivity contribution in [3.05, 3.63) is 150 Å². The smallest absolute Gasteiger partial charge is 0.0461 e. The molecule has 0 saturated heterocycles. The third-order valence-corrected chi connectivity index (χ3v) is 8.07. The van der Waals surface area contributed by atoms with Gasteiger partial charge < -0.3 is 4.90 Å². The summed E-state index contributed by atoms with van der Waals surface area (Å²) in [7, 11) is 0. The number of allylic oxidation sites excluding steroid dienone is 6. The summed E-state index contributed by atoms with van der Waals surface area (Å²) in [6.07, 6.45) is 11.5. The van der Waals surface area contributed by atoms with Gasteiger partial charge in [-0.2, -0.15) is 0 Å². The Morgan fingerprint density at radius 3 is 1.83 bits per heavy atom. The van der Waals surface area contributed by atoms with Gasteiger partial charge in [-0.3, -0.25) is 0 Å². The van der Waals surface area contributed by atoms with E-state index in [2.05, 4.69) is 155 Å². The van der Waals surface area contributed by atoms with Gasteiger partial charge in [0, 0.05) is 22.5 Å². The van der Waals surface area contributed by atoms with E-state index in [1.807, 2.05) is 53.7 Å². The van der Waals surface area contributed by atoms with Crippen molar-refractivity contribution >= 4 is 16.9 Å². The normalized spacial score (nSPS) is 12.8. The maximum atomic E-state index is 3.84. The molecule has 0 fully saturated rings. The molecule has 242 valence electrons. The summed E-state index contributed by atoms with van der Waals surface area (Å²) in [5.41, 5.74) is 13.8.